The Morgan fingerprint density at radius 3 is 0.833 bits per heavy atom. The molecule has 0 aromatic heterocycles. The molecule has 6 heteroatoms. The molecular formula is C72H126O6. The van der Waals surface area contributed by atoms with Gasteiger partial charge in [0, 0.05) is 19.3 Å². The van der Waals surface area contributed by atoms with E-state index in [4.69, 9.17) is 14.2 Å². The van der Waals surface area contributed by atoms with Gasteiger partial charge in [-0.25, -0.2) is 0 Å². The van der Waals surface area contributed by atoms with Crippen molar-refractivity contribution in [2.45, 2.75) is 341 Å². The Morgan fingerprint density at radius 1 is 0.269 bits per heavy atom. The van der Waals surface area contributed by atoms with Crippen molar-refractivity contribution in [1.82, 2.24) is 0 Å². The number of hydrogen-bond donors (Lipinski definition) is 0. The largest absolute Gasteiger partial charge is 0.462 e. The predicted molar refractivity (Wildman–Crippen MR) is 339 cm³/mol. The maximum atomic E-state index is 12.9. The van der Waals surface area contributed by atoms with E-state index in [1.165, 1.54) is 193 Å². The lowest BCUT2D eigenvalue weighted by Gasteiger charge is -2.18. The lowest BCUT2D eigenvalue weighted by molar-refractivity contribution is -0.167. The topological polar surface area (TPSA) is 78.9 Å². The summed E-state index contributed by atoms with van der Waals surface area (Å²) in [4.78, 5) is 38.3. The second kappa shape index (κ2) is 66.1. The fourth-order valence-corrected chi connectivity index (χ4v) is 9.58. The zero-order valence-corrected chi connectivity index (χ0v) is 51.7. The molecule has 1 atom stereocenters. The van der Waals surface area contributed by atoms with Gasteiger partial charge >= 0.3 is 17.9 Å². The Hall–Kier alpha value is -3.41. The van der Waals surface area contributed by atoms with Crippen molar-refractivity contribution in [2.24, 2.45) is 0 Å². The molecule has 0 aliphatic rings. The number of hydrogen-bond acceptors (Lipinski definition) is 6. The molecule has 0 spiro atoms. The minimum absolute atomic E-state index is 0.0906. The van der Waals surface area contributed by atoms with E-state index in [-0.39, 0.29) is 37.5 Å². The fourth-order valence-electron chi connectivity index (χ4n) is 9.58. The third-order valence-corrected chi connectivity index (χ3v) is 14.6. The molecule has 6 nitrogen and oxygen atoms in total. The van der Waals surface area contributed by atoms with Crippen LogP contribution in [0, 0.1) is 0 Å². The second-order valence-corrected chi connectivity index (χ2v) is 22.3. The highest BCUT2D eigenvalue weighted by atomic mass is 16.6. The van der Waals surface area contributed by atoms with Crippen molar-refractivity contribution < 1.29 is 28.6 Å². The molecule has 0 aliphatic carbocycles. The number of rotatable bonds is 61. The van der Waals surface area contributed by atoms with Crippen LogP contribution in [-0.2, 0) is 28.6 Å². The van der Waals surface area contributed by atoms with Crippen LogP contribution in [-0.4, -0.2) is 37.2 Å². The Bertz CT molecular complexity index is 1480. The normalized spacial score (nSPS) is 12.6. The molecule has 0 saturated carbocycles. The Labute approximate surface area is 484 Å². The third kappa shape index (κ3) is 63.4. The molecule has 0 heterocycles. The van der Waals surface area contributed by atoms with E-state index in [1.807, 2.05) is 0 Å². The first-order valence-corrected chi connectivity index (χ1v) is 33.6. The summed E-state index contributed by atoms with van der Waals surface area (Å²) in [5.74, 6) is -0.920. The van der Waals surface area contributed by atoms with Crippen LogP contribution in [0.15, 0.2) is 85.1 Å². The van der Waals surface area contributed by atoms with Crippen LogP contribution in [0.3, 0.4) is 0 Å². The highest BCUT2D eigenvalue weighted by Gasteiger charge is 2.19. The van der Waals surface area contributed by atoms with Gasteiger partial charge in [-0.05, 0) is 116 Å². The van der Waals surface area contributed by atoms with E-state index in [2.05, 4.69) is 106 Å². The summed E-state index contributed by atoms with van der Waals surface area (Å²) in [5.41, 5.74) is 0. The van der Waals surface area contributed by atoms with E-state index in [1.54, 1.807) is 0 Å². The molecule has 0 radical (unpaired) electrons. The Morgan fingerprint density at radius 2 is 0.500 bits per heavy atom. The summed E-state index contributed by atoms with van der Waals surface area (Å²) in [7, 11) is 0. The highest BCUT2D eigenvalue weighted by Crippen LogP contribution is 2.17. The number of esters is 3. The van der Waals surface area contributed by atoms with Crippen LogP contribution < -0.4 is 0 Å². The van der Waals surface area contributed by atoms with E-state index in [0.717, 1.165) is 103 Å². The number of carbonyl (C=O) groups is 3. The molecule has 0 bridgehead atoms. The van der Waals surface area contributed by atoms with Crippen molar-refractivity contribution in [3.8, 4) is 0 Å². The standard InChI is InChI=1S/C72H126O6/c1-4-7-10-13-16-19-22-25-27-29-31-32-33-34-35-36-37-38-39-40-42-43-45-47-50-53-56-59-62-65-71(74)77-68-69(67-76-70(73)64-61-58-55-52-49-24-21-18-15-12-9-6-3)78-72(75)66-63-60-57-54-51-48-46-44-41-30-28-26-23-20-17-14-11-8-5-2/h8,11,17-18,20-21,26,28-29,31,41,44,48,51,69H,4-7,9-10,12-16,19,22-25,27,30,32-40,42-43,45-47,49-50,52-68H2,1-3H3/b11-8-,20-17-,21-18-,28-26-,31-29-,44-41-,51-48-. The maximum absolute atomic E-state index is 12.9. The van der Waals surface area contributed by atoms with Crippen molar-refractivity contribution >= 4 is 17.9 Å². The molecule has 0 amide bonds. The second-order valence-electron chi connectivity index (χ2n) is 22.3. The van der Waals surface area contributed by atoms with E-state index in [9.17, 15) is 14.4 Å². The number of carbonyl (C=O) groups excluding carboxylic acids is 3. The van der Waals surface area contributed by atoms with Crippen molar-refractivity contribution in [1.29, 1.82) is 0 Å². The third-order valence-electron chi connectivity index (χ3n) is 14.6. The zero-order chi connectivity index (χ0) is 56.4. The summed E-state index contributed by atoms with van der Waals surface area (Å²) in [5, 5.41) is 0. The Balaban J connectivity index is 4.24. The van der Waals surface area contributed by atoms with Gasteiger partial charge in [0.1, 0.15) is 13.2 Å². The fraction of sp³-hybridized carbons (Fsp3) is 0.764. The molecule has 0 saturated heterocycles. The van der Waals surface area contributed by atoms with Gasteiger partial charge in [-0.2, -0.15) is 0 Å². The van der Waals surface area contributed by atoms with Gasteiger partial charge in [0.25, 0.3) is 0 Å². The van der Waals surface area contributed by atoms with Crippen LogP contribution in [0.1, 0.15) is 335 Å². The quantitative estimate of drug-likeness (QED) is 0.0261. The van der Waals surface area contributed by atoms with E-state index >= 15 is 0 Å². The first kappa shape index (κ1) is 74.6. The molecule has 78 heavy (non-hydrogen) atoms. The zero-order valence-electron chi connectivity index (χ0n) is 51.7. The minimum atomic E-state index is -0.798. The molecule has 0 N–H and O–H groups in total. The molecule has 0 rings (SSSR count). The van der Waals surface area contributed by atoms with Gasteiger partial charge in [0.2, 0.25) is 0 Å². The van der Waals surface area contributed by atoms with Gasteiger partial charge in [-0.1, -0.05) is 286 Å². The summed E-state index contributed by atoms with van der Waals surface area (Å²) >= 11 is 0. The van der Waals surface area contributed by atoms with Gasteiger partial charge in [0.15, 0.2) is 6.10 Å². The lowest BCUT2D eigenvalue weighted by Crippen LogP contribution is -2.30. The molecule has 1 unspecified atom stereocenters. The summed E-state index contributed by atoms with van der Waals surface area (Å²) in [6.45, 7) is 6.50. The van der Waals surface area contributed by atoms with Crippen LogP contribution in [0.25, 0.3) is 0 Å². The molecule has 0 aromatic carbocycles. The minimum Gasteiger partial charge on any atom is -0.462 e. The molecule has 0 aromatic rings. The summed E-state index contributed by atoms with van der Waals surface area (Å²) < 4.78 is 16.9. The smallest absolute Gasteiger partial charge is 0.306 e. The molecular weight excluding hydrogens is 961 g/mol. The average Bonchev–Trinajstić information content (AvgIpc) is 3.44. The number of allylic oxidation sites excluding steroid dienone is 14. The number of ether oxygens (including phenoxy) is 3. The highest BCUT2D eigenvalue weighted by molar-refractivity contribution is 5.71. The van der Waals surface area contributed by atoms with Crippen molar-refractivity contribution in [3.05, 3.63) is 85.1 Å². The Kier molecular flexibility index (Phi) is 63.2. The van der Waals surface area contributed by atoms with Crippen LogP contribution >= 0.6 is 0 Å². The first-order valence-electron chi connectivity index (χ1n) is 33.6. The van der Waals surface area contributed by atoms with E-state index < -0.39 is 6.10 Å². The predicted octanol–water partition coefficient (Wildman–Crippen LogP) is 23.1. The summed E-state index contributed by atoms with van der Waals surface area (Å²) in [6, 6.07) is 0. The summed E-state index contributed by atoms with van der Waals surface area (Å²) in [6.07, 6.45) is 87.6. The van der Waals surface area contributed by atoms with E-state index in [0.29, 0.717) is 12.8 Å². The first-order chi connectivity index (χ1) is 38.5. The van der Waals surface area contributed by atoms with Crippen LogP contribution in [0.4, 0.5) is 0 Å². The van der Waals surface area contributed by atoms with Gasteiger partial charge in [-0.3, -0.25) is 14.4 Å². The average molecular weight is 1090 g/mol. The van der Waals surface area contributed by atoms with Crippen LogP contribution in [0.2, 0.25) is 0 Å². The lowest BCUT2D eigenvalue weighted by atomic mass is 10.0. The maximum Gasteiger partial charge on any atom is 0.306 e. The van der Waals surface area contributed by atoms with Crippen molar-refractivity contribution in [3.63, 3.8) is 0 Å². The van der Waals surface area contributed by atoms with Crippen molar-refractivity contribution in [2.75, 3.05) is 13.2 Å². The van der Waals surface area contributed by atoms with Gasteiger partial charge in [-0.15, -0.1) is 0 Å². The SMILES string of the molecule is CC/C=C\C/C=C\C/C=C\C/C=C\C/C=C\CCCCCC(=O)OC(COC(=O)CCCCCCC/C=C\CCCCC)COC(=O)CCCCCCCCCCCCCCCCCCC/C=C\CCCCCCCCCC. The molecule has 450 valence electrons. The van der Waals surface area contributed by atoms with Gasteiger partial charge < -0.3 is 14.2 Å². The monoisotopic (exact) mass is 1090 g/mol. The number of unbranched alkanes of at least 4 members (excludes halogenated alkanes) is 36. The molecule has 0 fully saturated rings. The van der Waals surface area contributed by atoms with Crippen LogP contribution in [0.5, 0.6) is 0 Å². The van der Waals surface area contributed by atoms with Gasteiger partial charge in [0.05, 0.1) is 0 Å². The molecule has 0 aliphatic heterocycles.